The molecular formula is C15H14O5S2. The fraction of sp³-hybridized carbons (Fsp3) is 0.133. The smallest absolute Gasteiger partial charge is 0.193 e. The predicted molar refractivity (Wildman–Crippen MR) is 84.4 cm³/mol. The van der Waals surface area contributed by atoms with Crippen molar-refractivity contribution in [3.8, 4) is 0 Å². The zero-order valence-electron chi connectivity index (χ0n) is 11.5. The van der Waals surface area contributed by atoms with Gasteiger partial charge in [-0.2, -0.15) is 0 Å². The van der Waals surface area contributed by atoms with Gasteiger partial charge in [0.2, 0.25) is 0 Å². The van der Waals surface area contributed by atoms with E-state index in [0.717, 1.165) is 0 Å². The number of benzene rings is 2. The lowest BCUT2D eigenvalue weighted by Gasteiger charge is -2.09. The Hall–Kier alpha value is -1.99. The van der Waals surface area contributed by atoms with Crippen molar-refractivity contribution >= 4 is 27.2 Å². The lowest BCUT2D eigenvalue weighted by molar-refractivity contribution is 0.103. The molecule has 0 spiro atoms. The molecule has 0 heterocycles. The maximum Gasteiger partial charge on any atom is 0.193 e. The third-order valence-corrected chi connectivity index (χ3v) is 4.32. The third-order valence-electron chi connectivity index (χ3n) is 3.12. The molecule has 5 nitrogen and oxygen atoms in total. The Morgan fingerprint density at radius 3 is 1.41 bits per heavy atom. The summed E-state index contributed by atoms with van der Waals surface area (Å²) in [5.74, 6) is -0.829. The van der Waals surface area contributed by atoms with Crippen LogP contribution in [0.2, 0.25) is 0 Å². The molecule has 116 valence electrons. The van der Waals surface area contributed by atoms with Crippen molar-refractivity contribution in [3.05, 3.63) is 70.8 Å². The number of carbonyl (C=O) groups is 1. The van der Waals surface area contributed by atoms with Crippen molar-refractivity contribution in [1.29, 1.82) is 0 Å². The van der Waals surface area contributed by atoms with Crippen LogP contribution in [0.1, 0.15) is 27.0 Å². The molecule has 0 unspecified atom stereocenters. The highest BCUT2D eigenvalue weighted by molar-refractivity contribution is 7.71. The number of thiol groups is 2. The van der Waals surface area contributed by atoms with Gasteiger partial charge in [-0.25, -0.2) is 16.8 Å². The van der Waals surface area contributed by atoms with Gasteiger partial charge in [0.15, 0.2) is 5.78 Å². The number of rotatable bonds is 6. The van der Waals surface area contributed by atoms with Crippen molar-refractivity contribution in [2.45, 2.75) is 11.5 Å². The Balaban J connectivity index is 2.49. The summed E-state index contributed by atoms with van der Waals surface area (Å²) in [6.45, 7) is 0. The quantitative estimate of drug-likeness (QED) is 0.609. The molecule has 0 N–H and O–H groups in total. The highest BCUT2D eigenvalue weighted by Gasteiger charge is 2.17. The molecule has 0 saturated heterocycles. The highest BCUT2D eigenvalue weighted by Crippen LogP contribution is 2.19. The molecule has 2 aromatic carbocycles. The van der Waals surface area contributed by atoms with Gasteiger partial charge in [0.1, 0.15) is 21.4 Å². The van der Waals surface area contributed by atoms with Crippen LogP contribution in [0.3, 0.4) is 0 Å². The van der Waals surface area contributed by atoms with Crippen molar-refractivity contribution in [2.75, 3.05) is 0 Å². The van der Waals surface area contributed by atoms with Crippen molar-refractivity contribution in [1.82, 2.24) is 0 Å². The van der Waals surface area contributed by atoms with Crippen LogP contribution in [0, 0.1) is 0 Å². The number of hydrogen-bond acceptors (Lipinski definition) is 5. The predicted octanol–water partition coefficient (Wildman–Crippen LogP) is 1.14. The van der Waals surface area contributed by atoms with E-state index in [1.165, 1.54) is 0 Å². The summed E-state index contributed by atoms with van der Waals surface area (Å²) >= 11 is 0. The Bertz CT molecular complexity index is 765. The summed E-state index contributed by atoms with van der Waals surface area (Å²) in [6.07, 6.45) is 0. The Morgan fingerprint density at radius 2 is 1.05 bits per heavy atom. The van der Waals surface area contributed by atoms with Gasteiger partial charge in [0.05, 0.1) is 11.5 Å². The first-order valence-corrected chi connectivity index (χ1v) is 9.15. The zero-order chi connectivity index (χ0) is 16.1. The molecule has 22 heavy (non-hydrogen) atoms. The van der Waals surface area contributed by atoms with Crippen LogP contribution >= 0.6 is 0 Å². The summed E-state index contributed by atoms with van der Waals surface area (Å²) in [4.78, 5) is 12.7. The van der Waals surface area contributed by atoms with E-state index in [-0.39, 0.29) is 28.4 Å². The van der Waals surface area contributed by atoms with Crippen LogP contribution in [0.15, 0.2) is 48.5 Å². The van der Waals surface area contributed by atoms with E-state index in [4.69, 9.17) is 0 Å². The normalized spacial score (nSPS) is 11.0. The molecule has 2 rings (SSSR count). The molecule has 0 aliphatic carbocycles. The van der Waals surface area contributed by atoms with E-state index in [1.807, 2.05) is 0 Å². The van der Waals surface area contributed by atoms with Crippen molar-refractivity contribution < 1.29 is 21.6 Å². The summed E-state index contributed by atoms with van der Waals surface area (Å²) in [7, 11) is -5.31. The maximum atomic E-state index is 12.7. The topological polar surface area (TPSA) is 85.3 Å². The standard InChI is InChI=1S/C15H14O5S2/c16-15(13-7-3-1-5-11(13)9-21(17)18)14-8-4-2-6-12(14)10-22(19)20/h1-8,21-22H,9-10H2. The van der Waals surface area contributed by atoms with Crippen molar-refractivity contribution in [3.63, 3.8) is 0 Å². The largest absolute Gasteiger partial charge is 0.289 e. The summed E-state index contributed by atoms with van der Waals surface area (Å²) < 4.78 is 43.8. The molecule has 0 fully saturated rings. The van der Waals surface area contributed by atoms with E-state index >= 15 is 0 Å². The van der Waals surface area contributed by atoms with E-state index < -0.39 is 21.4 Å². The molecule has 0 atom stereocenters. The zero-order valence-corrected chi connectivity index (χ0v) is 13.3. The maximum absolute atomic E-state index is 12.7. The molecule has 2 aromatic rings. The van der Waals surface area contributed by atoms with Crippen LogP contribution in [-0.2, 0) is 32.9 Å². The van der Waals surface area contributed by atoms with Gasteiger partial charge in [-0.05, 0) is 11.1 Å². The second kappa shape index (κ2) is 7.33. The molecule has 0 aromatic heterocycles. The van der Waals surface area contributed by atoms with Crippen LogP contribution in [-0.4, -0.2) is 22.6 Å². The van der Waals surface area contributed by atoms with Gasteiger partial charge >= 0.3 is 0 Å². The minimum atomic E-state index is -2.66. The monoisotopic (exact) mass is 338 g/mol. The molecule has 0 amide bonds. The average molecular weight is 338 g/mol. The molecule has 0 aliphatic heterocycles. The van der Waals surface area contributed by atoms with Gasteiger partial charge in [-0.3, -0.25) is 4.79 Å². The van der Waals surface area contributed by atoms with Gasteiger partial charge in [0.25, 0.3) is 0 Å². The van der Waals surface area contributed by atoms with Crippen molar-refractivity contribution in [2.24, 2.45) is 0 Å². The van der Waals surface area contributed by atoms with Crippen LogP contribution in [0.5, 0.6) is 0 Å². The second-order valence-electron chi connectivity index (χ2n) is 4.63. The lowest BCUT2D eigenvalue weighted by Crippen LogP contribution is -2.09. The summed E-state index contributed by atoms with van der Waals surface area (Å²) in [6, 6.07) is 12.9. The number of carbonyl (C=O) groups excluding carboxylic acids is 1. The minimum Gasteiger partial charge on any atom is -0.289 e. The van der Waals surface area contributed by atoms with Gasteiger partial charge in [-0.1, -0.05) is 48.5 Å². The third kappa shape index (κ3) is 4.02. The van der Waals surface area contributed by atoms with Crippen LogP contribution in [0.4, 0.5) is 0 Å². The van der Waals surface area contributed by atoms with Crippen LogP contribution in [0.25, 0.3) is 0 Å². The first-order valence-electron chi connectivity index (χ1n) is 6.43. The number of hydrogen-bond donors (Lipinski definition) is 2. The van der Waals surface area contributed by atoms with Crippen LogP contribution < -0.4 is 0 Å². The fourth-order valence-corrected chi connectivity index (χ4v) is 3.29. The summed E-state index contributed by atoms with van der Waals surface area (Å²) in [5, 5.41) is 0. The van der Waals surface area contributed by atoms with E-state index in [9.17, 15) is 21.6 Å². The number of ketones is 1. The van der Waals surface area contributed by atoms with Gasteiger partial charge in [-0.15, -0.1) is 0 Å². The fourth-order valence-electron chi connectivity index (χ4n) is 2.18. The van der Waals surface area contributed by atoms with E-state index in [1.54, 1.807) is 48.5 Å². The Labute approximate surface area is 131 Å². The second-order valence-corrected chi connectivity index (χ2v) is 6.59. The first kappa shape index (κ1) is 16.4. The molecule has 0 saturated carbocycles. The summed E-state index contributed by atoms with van der Waals surface area (Å²) in [5.41, 5.74) is 1.36. The molecule has 0 bridgehead atoms. The van der Waals surface area contributed by atoms with Gasteiger partial charge < -0.3 is 0 Å². The molecule has 0 aliphatic rings. The highest BCUT2D eigenvalue weighted by atomic mass is 32.2. The minimum absolute atomic E-state index is 0.227. The average Bonchev–Trinajstić information content (AvgIpc) is 2.46. The van der Waals surface area contributed by atoms with E-state index in [0.29, 0.717) is 11.1 Å². The molecule has 0 radical (unpaired) electrons. The lowest BCUT2D eigenvalue weighted by atomic mass is 9.96. The molecule has 7 heteroatoms. The van der Waals surface area contributed by atoms with Gasteiger partial charge in [0, 0.05) is 11.1 Å². The SMILES string of the molecule is O=C(c1ccccc1C[SH](=O)=O)c1ccccc1C[SH](=O)=O. The molecular weight excluding hydrogens is 324 g/mol. The Morgan fingerprint density at radius 1 is 0.682 bits per heavy atom. The Kier molecular flexibility index (Phi) is 5.46. The first-order chi connectivity index (χ1) is 10.5. The van der Waals surface area contributed by atoms with E-state index in [2.05, 4.69) is 0 Å².